The third kappa shape index (κ3) is 3.15. The van der Waals surface area contributed by atoms with Gasteiger partial charge in [-0.25, -0.2) is 0 Å². The first kappa shape index (κ1) is 13.2. The van der Waals surface area contributed by atoms with Gasteiger partial charge in [-0.2, -0.15) is 0 Å². The van der Waals surface area contributed by atoms with E-state index < -0.39 is 0 Å². The Bertz CT molecular complexity index is 598. The Hall–Kier alpha value is -1.26. The molecule has 0 aliphatic carbocycles. The summed E-state index contributed by atoms with van der Waals surface area (Å²) < 4.78 is 0.873. The van der Waals surface area contributed by atoms with Gasteiger partial charge in [0.15, 0.2) is 0 Å². The summed E-state index contributed by atoms with van der Waals surface area (Å²) in [4.78, 5) is 12.8. The lowest BCUT2D eigenvalue weighted by atomic mass is 10.2. The molecule has 0 aromatic heterocycles. The van der Waals surface area contributed by atoms with Crippen LogP contribution in [-0.4, -0.2) is 5.91 Å². The molecule has 2 aromatic rings. The molecule has 0 radical (unpaired) electrons. The molecular formula is C14H12BrNOS. The van der Waals surface area contributed by atoms with Crippen LogP contribution in [-0.2, 0) is 0 Å². The van der Waals surface area contributed by atoms with E-state index in [4.69, 9.17) is 0 Å². The van der Waals surface area contributed by atoms with Gasteiger partial charge < -0.3 is 5.32 Å². The Labute approximate surface area is 120 Å². The SMILES string of the molecule is Cc1ccc(NC(=O)c2cccc(S)c2)c(Br)c1. The van der Waals surface area contributed by atoms with Crippen LogP contribution in [0.15, 0.2) is 51.8 Å². The molecule has 18 heavy (non-hydrogen) atoms. The summed E-state index contributed by atoms with van der Waals surface area (Å²) in [7, 11) is 0. The van der Waals surface area contributed by atoms with Crippen molar-refractivity contribution in [3.05, 3.63) is 58.1 Å². The van der Waals surface area contributed by atoms with E-state index in [2.05, 4.69) is 33.9 Å². The van der Waals surface area contributed by atoms with Gasteiger partial charge >= 0.3 is 0 Å². The molecular weight excluding hydrogens is 310 g/mol. The maximum Gasteiger partial charge on any atom is 0.255 e. The smallest absolute Gasteiger partial charge is 0.255 e. The maximum absolute atomic E-state index is 12.0. The average Bonchev–Trinajstić information content (AvgIpc) is 2.32. The quantitative estimate of drug-likeness (QED) is 0.793. The van der Waals surface area contributed by atoms with Gasteiger partial charge in [-0.15, -0.1) is 12.6 Å². The topological polar surface area (TPSA) is 29.1 Å². The van der Waals surface area contributed by atoms with Gasteiger partial charge in [0.25, 0.3) is 5.91 Å². The largest absolute Gasteiger partial charge is 0.321 e. The number of carbonyl (C=O) groups is 1. The number of hydrogen-bond acceptors (Lipinski definition) is 2. The summed E-state index contributed by atoms with van der Waals surface area (Å²) in [5.74, 6) is -0.143. The number of amides is 1. The fourth-order valence-corrected chi connectivity index (χ4v) is 2.38. The predicted molar refractivity (Wildman–Crippen MR) is 80.5 cm³/mol. The molecule has 0 aliphatic rings. The van der Waals surface area contributed by atoms with Gasteiger partial charge in [-0.05, 0) is 58.7 Å². The lowest BCUT2D eigenvalue weighted by Crippen LogP contribution is -2.12. The number of hydrogen-bond donors (Lipinski definition) is 2. The minimum Gasteiger partial charge on any atom is -0.321 e. The zero-order valence-corrected chi connectivity index (χ0v) is 12.3. The highest BCUT2D eigenvalue weighted by molar-refractivity contribution is 9.10. The van der Waals surface area contributed by atoms with Gasteiger partial charge in [-0.1, -0.05) is 12.1 Å². The number of nitrogens with one attached hydrogen (secondary N) is 1. The van der Waals surface area contributed by atoms with Crippen LogP contribution in [0.4, 0.5) is 5.69 Å². The van der Waals surface area contributed by atoms with Crippen LogP contribution in [0, 0.1) is 6.92 Å². The van der Waals surface area contributed by atoms with Gasteiger partial charge in [0.05, 0.1) is 5.69 Å². The second kappa shape index (κ2) is 5.59. The maximum atomic E-state index is 12.0. The molecule has 0 atom stereocenters. The number of thiol groups is 1. The second-order valence-corrected chi connectivity index (χ2v) is 5.36. The zero-order chi connectivity index (χ0) is 13.1. The summed E-state index contributed by atoms with van der Waals surface area (Å²) in [5.41, 5.74) is 2.49. The van der Waals surface area contributed by atoms with Crippen molar-refractivity contribution in [1.29, 1.82) is 0 Å². The molecule has 0 saturated carbocycles. The molecule has 2 rings (SSSR count). The highest BCUT2D eigenvalue weighted by Crippen LogP contribution is 2.24. The van der Waals surface area contributed by atoms with E-state index in [1.807, 2.05) is 31.2 Å². The van der Waals surface area contributed by atoms with E-state index in [0.29, 0.717) is 5.56 Å². The van der Waals surface area contributed by atoms with Gasteiger partial charge in [0.2, 0.25) is 0 Å². The highest BCUT2D eigenvalue weighted by Gasteiger charge is 2.08. The molecule has 0 bridgehead atoms. The number of anilines is 1. The van der Waals surface area contributed by atoms with Crippen molar-refractivity contribution in [2.45, 2.75) is 11.8 Å². The third-order valence-electron chi connectivity index (χ3n) is 2.48. The Balaban J connectivity index is 2.21. The monoisotopic (exact) mass is 321 g/mol. The number of halogens is 1. The average molecular weight is 322 g/mol. The molecule has 0 unspecified atom stereocenters. The van der Waals surface area contributed by atoms with Crippen LogP contribution in [0.3, 0.4) is 0 Å². The Morgan fingerprint density at radius 1 is 1.22 bits per heavy atom. The van der Waals surface area contributed by atoms with Crippen LogP contribution in [0.2, 0.25) is 0 Å². The Morgan fingerprint density at radius 3 is 2.67 bits per heavy atom. The molecule has 92 valence electrons. The molecule has 4 heteroatoms. The first-order valence-corrected chi connectivity index (χ1v) is 6.67. The lowest BCUT2D eigenvalue weighted by Gasteiger charge is -2.08. The normalized spacial score (nSPS) is 10.2. The Morgan fingerprint density at radius 2 is 2.00 bits per heavy atom. The van der Waals surface area contributed by atoms with E-state index in [-0.39, 0.29) is 5.91 Å². The minimum atomic E-state index is -0.143. The predicted octanol–water partition coefficient (Wildman–Crippen LogP) is 4.30. The van der Waals surface area contributed by atoms with Crippen molar-refractivity contribution < 1.29 is 4.79 Å². The van der Waals surface area contributed by atoms with Gasteiger partial charge in [0.1, 0.15) is 0 Å². The van der Waals surface area contributed by atoms with E-state index in [1.165, 1.54) is 0 Å². The van der Waals surface area contributed by atoms with E-state index >= 15 is 0 Å². The molecule has 0 fully saturated rings. The van der Waals surface area contributed by atoms with E-state index in [0.717, 1.165) is 20.6 Å². The van der Waals surface area contributed by atoms with Crippen molar-refractivity contribution in [2.75, 3.05) is 5.32 Å². The molecule has 1 N–H and O–H groups in total. The van der Waals surface area contributed by atoms with Crippen molar-refractivity contribution >= 4 is 40.2 Å². The molecule has 0 saturated heterocycles. The molecule has 2 nitrogen and oxygen atoms in total. The van der Waals surface area contributed by atoms with Gasteiger partial charge in [0, 0.05) is 14.9 Å². The molecule has 0 spiro atoms. The fraction of sp³-hybridized carbons (Fsp3) is 0.0714. The summed E-state index contributed by atoms with van der Waals surface area (Å²) in [5, 5.41) is 2.86. The standard InChI is InChI=1S/C14H12BrNOS/c1-9-5-6-13(12(15)7-9)16-14(17)10-3-2-4-11(18)8-10/h2-8,18H,1H3,(H,16,17). The molecule has 0 aliphatic heterocycles. The lowest BCUT2D eigenvalue weighted by molar-refractivity contribution is 0.102. The Kier molecular flexibility index (Phi) is 4.09. The van der Waals surface area contributed by atoms with E-state index in [1.54, 1.807) is 18.2 Å². The molecule has 2 aromatic carbocycles. The number of rotatable bonds is 2. The van der Waals surface area contributed by atoms with Crippen LogP contribution < -0.4 is 5.32 Å². The summed E-state index contributed by atoms with van der Waals surface area (Å²) >= 11 is 7.65. The summed E-state index contributed by atoms with van der Waals surface area (Å²) in [6, 6.07) is 12.9. The van der Waals surface area contributed by atoms with Crippen LogP contribution in [0.25, 0.3) is 0 Å². The number of aryl methyl sites for hydroxylation is 1. The fourth-order valence-electron chi connectivity index (χ4n) is 1.56. The van der Waals surface area contributed by atoms with Crippen LogP contribution >= 0.6 is 28.6 Å². The van der Waals surface area contributed by atoms with Crippen molar-refractivity contribution in [3.8, 4) is 0 Å². The zero-order valence-electron chi connectivity index (χ0n) is 9.77. The first-order chi connectivity index (χ1) is 8.56. The minimum absolute atomic E-state index is 0.143. The van der Waals surface area contributed by atoms with Crippen LogP contribution in [0.1, 0.15) is 15.9 Å². The van der Waals surface area contributed by atoms with Crippen molar-refractivity contribution in [3.63, 3.8) is 0 Å². The highest BCUT2D eigenvalue weighted by atomic mass is 79.9. The van der Waals surface area contributed by atoms with Crippen molar-refractivity contribution in [1.82, 2.24) is 0 Å². The van der Waals surface area contributed by atoms with Crippen LogP contribution in [0.5, 0.6) is 0 Å². The third-order valence-corrected chi connectivity index (χ3v) is 3.42. The van der Waals surface area contributed by atoms with E-state index in [9.17, 15) is 4.79 Å². The first-order valence-electron chi connectivity index (χ1n) is 5.43. The number of benzene rings is 2. The molecule has 1 amide bonds. The summed E-state index contributed by atoms with van der Waals surface area (Å²) in [6.07, 6.45) is 0. The van der Waals surface area contributed by atoms with Crippen molar-refractivity contribution in [2.24, 2.45) is 0 Å². The second-order valence-electron chi connectivity index (χ2n) is 3.99. The summed E-state index contributed by atoms with van der Waals surface area (Å²) in [6.45, 7) is 2.00. The number of carbonyl (C=O) groups excluding carboxylic acids is 1. The molecule has 0 heterocycles. The van der Waals surface area contributed by atoms with Gasteiger partial charge in [-0.3, -0.25) is 4.79 Å².